The summed E-state index contributed by atoms with van der Waals surface area (Å²) in [5.74, 6) is 0. The molecule has 0 aromatic rings. The van der Waals surface area contributed by atoms with Gasteiger partial charge in [-0.2, -0.15) is 0 Å². The van der Waals surface area contributed by atoms with Gasteiger partial charge in [-0.05, 0) is 7.05 Å². The molecular weight excluding hydrogens is 146 g/mol. The van der Waals surface area contributed by atoms with Crippen molar-refractivity contribution in [3.05, 3.63) is 0 Å². The molecule has 0 aliphatic carbocycles. The van der Waals surface area contributed by atoms with Crippen molar-refractivity contribution < 1.29 is 14.6 Å². The summed E-state index contributed by atoms with van der Waals surface area (Å²) in [5.41, 5.74) is 0. The van der Waals surface area contributed by atoms with Crippen LogP contribution in [0.2, 0.25) is 0 Å². The number of hydrogen-bond acceptors (Lipinski definition) is 4. The zero-order chi connectivity index (χ0) is 8.10. The van der Waals surface area contributed by atoms with Gasteiger partial charge in [0.15, 0.2) is 0 Å². The molecule has 0 saturated carbocycles. The summed E-state index contributed by atoms with van der Waals surface area (Å²) < 4.78 is 10.2. The van der Waals surface area contributed by atoms with Crippen molar-refractivity contribution in [1.29, 1.82) is 0 Å². The molecule has 1 heterocycles. The standard InChI is InChI=1S/C7H15NO3/c1-8(2-3-9)4-7-5-10-6-11-7/h7,9H,2-6H2,1H3. The van der Waals surface area contributed by atoms with Crippen LogP contribution in [0.5, 0.6) is 0 Å². The Balaban J connectivity index is 2.08. The Kier molecular flexibility index (Phi) is 3.79. The summed E-state index contributed by atoms with van der Waals surface area (Å²) in [5, 5.41) is 8.60. The minimum absolute atomic E-state index is 0.187. The predicted octanol–water partition coefficient (Wildman–Crippen LogP) is -0.717. The van der Waals surface area contributed by atoms with Crippen LogP contribution < -0.4 is 0 Å². The van der Waals surface area contributed by atoms with Gasteiger partial charge in [-0.1, -0.05) is 0 Å². The van der Waals surface area contributed by atoms with Crippen LogP contribution in [0.4, 0.5) is 0 Å². The van der Waals surface area contributed by atoms with E-state index in [9.17, 15) is 0 Å². The minimum atomic E-state index is 0.187. The SMILES string of the molecule is CN(CCO)CC1COCO1. The average molecular weight is 161 g/mol. The maximum absolute atomic E-state index is 8.60. The molecule has 4 heteroatoms. The molecule has 4 nitrogen and oxygen atoms in total. The van der Waals surface area contributed by atoms with Crippen LogP contribution in [-0.4, -0.2) is 56.3 Å². The number of aliphatic hydroxyl groups is 1. The molecule has 0 amide bonds. The van der Waals surface area contributed by atoms with E-state index in [2.05, 4.69) is 0 Å². The minimum Gasteiger partial charge on any atom is -0.395 e. The van der Waals surface area contributed by atoms with E-state index in [0.29, 0.717) is 19.9 Å². The lowest BCUT2D eigenvalue weighted by molar-refractivity contribution is 0.0363. The van der Waals surface area contributed by atoms with Gasteiger partial charge in [-0.15, -0.1) is 0 Å². The van der Waals surface area contributed by atoms with E-state index < -0.39 is 0 Å². The Hall–Kier alpha value is -0.160. The number of aliphatic hydroxyl groups excluding tert-OH is 1. The van der Waals surface area contributed by atoms with Crippen LogP contribution in [0.1, 0.15) is 0 Å². The monoisotopic (exact) mass is 161 g/mol. The lowest BCUT2D eigenvalue weighted by Crippen LogP contribution is -2.32. The summed E-state index contributed by atoms with van der Waals surface area (Å²) in [6, 6.07) is 0. The van der Waals surface area contributed by atoms with E-state index in [-0.39, 0.29) is 12.7 Å². The number of nitrogens with zero attached hydrogens (tertiary/aromatic N) is 1. The molecular formula is C7H15NO3. The third-order valence-corrected chi connectivity index (χ3v) is 1.69. The summed E-state index contributed by atoms with van der Waals surface area (Å²) in [7, 11) is 1.96. The molecule has 1 aliphatic rings. The van der Waals surface area contributed by atoms with Gasteiger partial charge in [0.2, 0.25) is 0 Å². The first-order valence-corrected chi connectivity index (χ1v) is 3.81. The van der Waals surface area contributed by atoms with Crippen molar-refractivity contribution in [1.82, 2.24) is 4.90 Å². The first kappa shape index (κ1) is 8.93. The highest BCUT2D eigenvalue weighted by Gasteiger charge is 2.17. The Morgan fingerprint density at radius 3 is 3.00 bits per heavy atom. The zero-order valence-corrected chi connectivity index (χ0v) is 6.82. The second-order valence-electron chi connectivity index (χ2n) is 2.76. The highest BCUT2D eigenvalue weighted by Crippen LogP contribution is 2.03. The van der Waals surface area contributed by atoms with E-state index in [1.165, 1.54) is 0 Å². The van der Waals surface area contributed by atoms with Gasteiger partial charge >= 0.3 is 0 Å². The molecule has 1 fully saturated rings. The third kappa shape index (κ3) is 3.16. The lowest BCUT2D eigenvalue weighted by atomic mass is 10.3. The van der Waals surface area contributed by atoms with Crippen molar-refractivity contribution in [3.63, 3.8) is 0 Å². The van der Waals surface area contributed by atoms with Crippen molar-refractivity contribution in [3.8, 4) is 0 Å². The third-order valence-electron chi connectivity index (χ3n) is 1.69. The first-order chi connectivity index (χ1) is 5.33. The molecule has 1 unspecified atom stereocenters. The van der Waals surface area contributed by atoms with Crippen LogP contribution >= 0.6 is 0 Å². The molecule has 11 heavy (non-hydrogen) atoms. The molecule has 1 atom stereocenters. The van der Waals surface area contributed by atoms with Crippen molar-refractivity contribution in [2.24, 2.45) is 0 Å². The fraction of sp³-hybridized carbons (Fsp3) is 1.00. The second-order valence-corrected chi connectivity index (χ2v) is 2.76. The van der Waals surface area contributed by atoms with E-state index in [1.807, 2.05) is 11.9 Å². The molecule has 0 aromatic heterocycles. The van der Waals surface area contributed by atoms with Crippen LogP contribution in [0.25, 0.3) is 0 Å². The molecule has 1 rings (SSSR count). The molecule has 0 radical (unpaired) electrons. The Labute approximate surface area is 66.7 Å². The van der Waals surface area contributed by atoms with Gasteiger partial charge in [0.05, 0.1) is 19.3 Å². The van der Waals surface area contributed by atoms with Gasteiger partial charge in [0.1, 0.15) is 6.79 Å². The zero-order valence-electron chi connectivity index (χ0n) is 6.82. The van der Waals surface area contributed by atoms with Crippen molar-refractivity contribution in [2.75, 3.05) is 40.1 Å². The summed E-state index contributed by atoms with van der Waals surface area (Å²) in [6.07, 6.45) is 0.187. The maximum Gasteiger partial charge on any atom is 0.147 e. The highest BCUT2D eigenvalue weighted by atomic mass is 16.7. The van der Waals surface area contributed by atoms with E-state index in [1.54, 1.807) is 0 Å². The van der Waals surface area contributed by atoms with E-state index >= 15 is 0 Å². The molecule has 0 bridgehead atoms. The van der Waals surface area contributed by atoms with Gasteiger partial charge < -0.3 is 19.5 Å². The fourth-order valence-electron chi connectivity index (χ4n) is 1.09. The Morgan fingerprint density at radius 1 is 1.64 bits per heavy atom. The van der Waals surface area contributed by atoms with E-state index in [0.717, 1.165) is 6.54 Å². The van der Waals surface area contributed by atoms with E-state index in [4.69, 9.17) is 14.6 Å². The van der Waals surface area contributed by atoms with Crippen LogP contribution in [0.3, 0.4) is 0 Å². The average Bonchev–Trinajstić information content (AvgIpc) is 2.40. The van der Waals surface area contributed by atoms with Crippen LogP contribution in [0, 0.1) is 0 Å². The highest BCUT2D eigenvalue weighted by molar-refractivity contribution is 4.64. The van der Waals surface area contributed by atoms with Crippen molar-refractivity contribution >= 4 is 0 Å². The van der Waals surface area contributed by atoms with Crippen molar-refractivity contribution in [2.45, 2.75) is 6.10 Å². The fourth-order valence-corrected chi connectivity index (χ4v) is 1.09. The second kappa shape index (κ2) is 4.66. The Morgan fingerprint density at radius 2 is 2.45 bits per heavy atom. The molecule has 1 saturated heterocycles. The first-order valence-electron chi connectivity index (χ1n) is 3.81. The molecule has 66 valence electrons. The smallest absolute Gasteiger partial charge is 0.147 e. The molecule has 1 N–H and O–H groups in total. The quantitative estimate of drug-likeness (QED) is 0.591. The predicted molar refractivity (Wildman–Crippen MR) is 40.3 cm³/mol. The van der Waals surface area contributed by atoms with Gasteiger partial charge in [-0.3, -0.25) is 0 Å². The van der Waals surface area contributed by atoms with Gasteiger partial charge in [0, 0.05) is 13.1 Å². The number of ether oxygens (including phenoxy) is 2. The topological polar surface area (TPSA) is 41.9 Å². The number of hydrogen-bond donors (Lipinski definition) is 1. The largest absolute Gasteiger partial charge is 0.395 e. The number of rotatable bonds is 4. The normalized spacial score (nSPS) is 24.8. The van der Waals surface area contributed by atoms with Gasteiger partial charge in [0.25, 0.3) is 0 Å². The van der Waals surface area contributed by atoms with Gasteiger partial charge in [-0.25, -0.2) is 0 Å². The summed E-state index contributed by atoms with van der Waals surface area (Å²) >= 11 is 0. The van der Waals surface area contributed by atoms with Crippen LogP contribution in [-0.2, 0) is 9.47 Å². The number of likely N-dealkylation sites (N-methyl/N-ethyl adjacent to an activating group) is 1. The van der Waals surface area contributed by atoms with Crippen LogP contribution in [0.15, 0.2) is 0 Å². The summed E-state index contributed by atoms with van der Waals surface area (Å²) in [6.45, 7) is 2.82. The summed E-state index contributed by atoms with van der Waals surface area (Å²) in [4.78, 5) is 2.03. The molecule has 0 aromatic carbocycles. The Bertz CT molecular complexity index is 104. The molecule has 1 aliphatic heterocycles. The molecule has 0 spiro atoms. The lowest BCUT2D eigenvalue weighted by Gasteiger charge is -2.17. The maximum atomic E-state index is 8.60.